The van der Waals surface area contributed by atoms with Gasteiger partial charge in [0, 0.05) is 31.9 Å². The fourth-order valence-electron chi connectivity index (χ4n) is 3.15. The van der Waals surface area contributed by atoms with Gasteiger partial charge in [0.2, 0.25) is 5.91 Å². The molecule has 154 valence electrons. The Morgan fingerprint density at radius 1 is 1.17 bits per heavy atom. The predicted molar refractivity (Wildman–Crippen MR) is 116 cm³/mol. The summed E-state index contributed by atoms with van der Waals surface area (Å²) in [6, 6.07) is 16.2. The average Bonchev–Trinajstić information content (AvgIpc) is 2.76. The molecule has 2 aromatic rings. The van der Waals surface area contributed by atoms with Crippen molar-refractivity contribution >= 4 is 17.6 Å². The van der Waals surface area contributed by atoms with Crippen LogP contribution in [-0.2, 0) is 17.9 Å². The molecule has 7 heteroatoms. The zero-order chi connectivity index (χ0) is 20.5. The van der Waals surface area contributed by atoms with E-state index in [1.807, 2.05) is 31.2 Å². The molecule has 3 rings (SSSR count). The van der Waals surface area contributed by atoms with Crippen molar-refractivity contribution < 1.29 is 9.53 Å². The number of hydrogen-bond donors (Lipinski definition) is 3. The maximum absolute atomic E-state index is 11.6. The predicted octanol–water partition coefficient (Wildman–Crippen LogP) is 1.89. The summed E-state index contributed by atoms with van der Waals surface area (Å²) in [5.41, 5.74) is 3.32. The van der Waals surface area contributed by atoms with Crippen LogP contribution in [0.25, 0.3) is 0 Å². The van der Waals surface area contributed by atoms with Gasteiger partial charge in [-0.15, -0.1) is 0 Å². The van der Waals surface area contributed by atoms with Crippen LogP contribution in [0.2, 0.25) is 0 Å². The molecule has 29 heavy (non-hydrogen) atoms. The molecule has 1 saturated heterocycles. The van der Waals surface area contributed by atoms with Gasteiger partial charge in [0.1, 0.15) is 5.75 Å². The number of nitrogens with zero attached hydrogens (tertiary/aromatic N) is 2. The van der Waals surface area contributed by atoms with Crippen molar-refractivity contribution in [3.63, 3.8) is 0 Å². The highest BCUT2D eigenvalue weighted by Gasteiger charge is 2.16. The van der Waals surface area contributed by atoms with Crippen LogP contribution >= 0.6 is 0 Å². The van der Waals surface area contributed by atoms with Gasteiger partial charge in [0.15, 0.2) is 5.96 Å². The number of piperazine rings is 1. The van der Waals surface area contributed by atoms with Gasteiger partial charge < -0.3 is 25.6 Å². The van der Waals surface area contributed by atoms with Gasteiger partial charge in [0.05, 0.1) is 20.2 Å². The van der Waals surface area contributed by atoms with Gasteiger partial charge in [-0.05, 0) is 42.3 Å². The molecule has 0 aliphatic carbocycles. The molecular weight excluding hydrogens is 366 g/mol. The highest BCUT2D eigenvalue weighted by atomic mass is 16.5. The molecule has 0 aromatic heterocycles. The van der Waals surface area contributed by atoms with Crippen molar-refractivity contribution in [3.05, 3.63) is 59.7 Å². The molecule has 3 N–H and O–H groups in total. The Morgan fingerprint density at radius 3 is 2.72 bits per heavy atom. The Labute approximate surface area is 172 Å². The zero-order valence-corrected chi connectivity index (χ0v) is 17.1. The fraction of sp³-hybridized carbons (Fsp3) is 0.364. The molecule has 2 aromatic carbocycles. The van der Waals surface area contributed by atoms with Gasteiger partial charge in [0.25, 0.3) is 0 Å². The summed E-state index contributed by atoms with van der Waals surface area (Å²) >= 11 is 0. The highest BCUT2D eigenvalue weighted by molar-refractivity contribution is 5.82. The SMILES string of the molecule is CCNC(=NCc1cccc(OC)c1)NCc1ccc(N2CCNC(=O)C2)cc1. The molecule has 1 heterocycles. The van der Waals surface area contributed by atoms with Crippen molar-refractivity contribution in [3.8, 4) is 5.75 Å². The van der Waals surface area contributed by atoms with Crippen LogP contribution in [-0.4, -0.2) is 45.2 Å². The topological polar surface area (TPSA) is 78.0 Å². The van der Waals surface area contributed by atoms with E-state index >= 15 is 0 Å². The Morgan fingerprint density at radius 2 is 2.00 bits per heavy atom. The van der Waals surface area contributed by atoms with E-state index in [0.717, 1.165) is 41.6 Å². The summed E-state index contributed by atoms with van der Waals surface area (Å²) < 4.78 is 5.27. The summed E-state index contributed by atoms with van der Waals surface area (Å²) in [5.74, 6) is 1.68. The van der Waals surface area contributed by atoms with Crippen LogP contribution in [0, 0.1) is 0 Å². The third-order valence-corrected chi connectivity index (χ3v) is 4.70. The molecule has 1 amide bonds. The van der Waals surface area contributed by atoms with Crippen molar-refractivity contribution in [2.45, 2.75) is 20.0 Å². The van der Waals surface area contributed by atoms with Crippen molar-refractivity contribution in [2.24, 2.45) is 4.99 Å². The first-order chi connectivity index (χ1) is 14.2. The number of methoxy groups -OCH3 is 1. The normalized spacial score (nSPS) is 14.3. The minimum Gasteiger partial charge on any atom is -0.497 e. The first-order valence-corrected chi connectivity index (χ1v) is 9.93. The number of rotatable bonds is 7. The van der Waals surface area contributed by atoms with E-state index in [4.69, 9.17) is 4.74 Å². The second-order valence-corrected chi connectivity index (χ2v) is 6.84. The molecule has 7 nitrogen and oxygen atoms in total. The molecule has 0 spiro atoms. The number of guanidine groups is 1. The van der Waals surface area contributed by atoms with Gasteiger partial charge in [-0.2, -0.15) is 0 Å². The Kier molecular flexibility index (Phi) is 7.33. The first kappa shape index (κ1) is 20.5. The standard InChI is InChI=1S/C22H29N5O2/c1-3-23-22(26-15-18-5-4-6-20(13-18)29-2)25-14-17-7-9-19(10-8-17)27-12-11-24-21(28)16-27/h4-10,13H,3,11-12,14-16H2,1-2H3,(H,24,28)(H2,23,25,26). The average molecular weight is 396 g/mol. The first-order valence-electron chi connectivity index (χ1n) is 9.93. The lowest BCUT2D eigenvalue weighted by atomic mass is 10.2. The molecule has 0 saturated carbocycles. The molecule has 0 bridgehead atoms. The van der Waals surface area contributed by atoms with E-state index in [0.29, 0.717) is 26.2 Å². The maximum atomic E-state index is 11.6. The van der Waals surface area contributed by atoms with Crippen molar-refractivity contribution in [1.82, 2.24) is 16.0 Å². The molecule has 0 unspecified atom stereocenters. The summed E-state index contributed by atoms with van der Waals surface area (Å²) in [5, 5.41) is 9.50. The molecular formula is C22H29N5O2. The highest BCUT2D eigenvalue weighted by Crippen LogP contribution is 2.16. The number of aliphatic imine (C=N–C) groups is 1. The smallest absolute Gasteiger partial charge is 0.239 e. The quantitative estimate of drug-likeness (QED) is 0.493. The molecule has 1 aliphatic rings. The van der Waals surface area contributed by atoms with E-state index in [2.05, 4.69) is 50.1 Å². The molecule has 1 aliphatic heterocycles. The second-order valence-electron chi connectivity index (χ2n) is 6.84. The lowest BCUT2D eigenvalue weighted by Gasteiger charge is -2.28. The number of nitrogens with one attached hydrogen (secondary N) is 3. The second kappa shape index (κ2) is 10.4. The molecule has 1 fully saturated rings. The summed E-state index contributed by atoms with van der Waals surface area (Å²) in [6.07, 6.45) is 0. The van der Waals surface area contributed by atoms with Gasteiger partial charge in [-0.3, -0.25) is 4.79 Å². The lowest BCUT2D eigenvalue weighted by Crippen LogP contribution is -2.47. The minimum absolute atomic E-state index is 0.0736. The van der Waals surface area contributed by atoms with Crippen LogP contribution in [0.1, 0.15) is 18.1 Å². The molecule has 0 atom stereocenters. The van der Waals surface area contributed by atoms with Crippen LogP contribution < -0.4 is 25.6 Å². The van der Waals surface area contributed by atoms with Gasteiger partial charge in [-0.1, -0.05) is 24.3 Å². The summed E-state index contributed by atoms with van der Waals surface area (Å²) in [6.45, 7) is 6.03. The number of ether oxygens (including phenoxy) is 1. The maximum Gasteiger partial charge on any atom is 0.239 e. The number of benzene rings is 2. The zero-order valence-electron chi connectivity index (χ0n) is 17.1. The number of carbonyl (C=O) groups excluding carboxylic acids is 1. The van der Waals surface area contributed by atoms with Gasteiger partial charge in [-0.25, -0.2) is 4.99 Å². The van der Waals surface area contributed by atoms with Crippen LogP contribution in [0.5, 0.6) is 5.75 Å². The van der Waals surface area contributed by atoms with Gasteiger partial charge >= 0.3 is 0 Å². The summed E-state index contributed by atoms with van der Waals surface area (Å²) in [7, 11) is 1.67. The number of amides is 1. The van der Waals surface area contributed by atoms with Crippen LogP contribution in [0.15, 0.2) is 53.5 Å². The fourth-order valence-corrected chi connectivity index (χ4v) is 3.15. The minimum atomic E-state index is 0.0736. The molecule has 0 radical (unpaired) electrons. The number of hydrogen-bond acceptors (Lipinski definition) is 4. The third-order valence-electron chi connectivity index (χ3n) is 4.70. The van der Waals surface area contributed by atoms with E-state index in [9.17, 15) is 4.79 Å². The Hall–Kier alpha value is -3.22. The van der Waals surface area contributed by atoms with Crippen LogP contribution in [0.4, 0.5) is 5.69 Å². The Balaban J connectivity index is 1.57. The van der Waals surface area contributed by atoms with Crippen LogP contribution in [0.3, 0.4) is 0 Å². The van der Waals surface area contributed by atoms with Crippen molar-refractivity contribution in [1.29, 1.82) is 0 Å². The van der Waals surface area contributed by atoms with E-state index in [1.54, 1.807) is 7.11 Å². The van der Waals surface area contributed by atoms with Crippen molar-refractivity contribution in [2.75, 3.05) is 38.2 Å². The van der Waals surface area contributed by atoms with E-state index in [1.165, 1.54) is 0 Å². The number of carbonyl (C=O) groups is 1. The summed E-state index contributed by atoms with van der Waals surface area (Å²) in [4.78, 5) is 18.3. The monoisotopic (exact) mass is 395 g/mol. The number of anilines is 1. The lowest BCUT2D eigenvalue weighted by molar-refractivity contribution is -0.120. The van der Waals surface area contributed by atoms with E-state index < -0.39 is 0 Å². The van der Waals surface area contributed by atoms with E-state index in [-0.39, 0.29) is 5.91 Å². The largest absolute Gasteiger partial charge is 0.497 e. The third kappa shape index (κ3) is 6.14. The Bertz CT molecular complexity index is 835.